The number of benzene rings is 4. The summed E-state index contributed by atoms with van der Waals surface area (Å²) in [5.41, 5.74) is 2.73. The second kappa shape index (κ2) is 18.8. The van der Waals surface area contributed by atoms with Crippen molar-refractivity contribution in [2.24, 2.45) is 0 Å². The van der Waals surface area contributed by atoms with Crippen molar-refractivity contribution >= 4 is 35.4 Å². The highest BCUT2D eigenvalue weighted by atomic mass is 16.6. The molecule has 3 amide bonds. The molecule has 5 aromatic rings. The van der Waals surface area contributed by atoms with Crippen LogP contribution in [0.5, 0.6) is 5.75 Å². The molecule has 296 valence electrons. The van der Waals surface area contributed by atoms with Gasteiger partial charge in [-0.05, 0) is 74.7 Å². The van der Waals surface area contributed by atoms with Crippen LogP contribution in [0.25, 0.3) is 0 Å². The largest absolute Gasteiger partial charge is 0.489 e. The van der Waals surface area contributed by atoms with E-state index in [-0.39, 0.29) is 43.5 Å². The summed E-state index contributed by atoms with van der Waals surface area (Å²) in [5.74, 6) is 5.61. The van der Waals surface area contributed by atoms with E-state index < -0.39 is 35.7 Å². The summed E-state index contributed by atoms with van der Waals surface area (Å²) in [6.45, 7) is 7.60. The Bertz CT molecular complexity index is 2280. The number of carbonyl (C=O) groups excluding carboxylic acids is 4. The third kappa shape index (κ3) is 10.3. The van der Waals surface area contributed by atoms with Gasteiger partial charge in [-0.2, -0.15) is 0 Å². The Labute approximate surface area is 338 Å². The minimum absolute atomic E-state index is 0.167. The molecule has 1 aliphatic rings. The van der Waals surface area contributed by atoms with Crippen LogP contribution in [0.2, 0.25) is 0 Å². The fourth-order valence-corrected chi connectivity index (χ4v) is 6.66. The zero-order chi connectivity index (χ0) is 41.1. The van der Waals surface area contributed by atoms with E-state index in [0.29, 0.717) is 34.5 Å². The average Bonchev–Trinajstić information content (AvgIpc) is 3.29. The highest BCUT2D eigenvalue weighted by molar-refractivity contribution is 6.11. The number of fused-ring (bicyclic) bond motifs is 1. The van der Waals surface area contributed by atoms with Gasteiger partial charge in [0.25, 0.3) is 11.8 Å². The maximum atomic E-state index is 15.3. The van der Waals surface area contributed by atoms with Crippen LogP contribution < -0.4 is 15.0 Å². The van der Waals surface area contributed by atoms with Crippen LogP contribution in [-0.2, 0) is 25.6 Å². The zero-order valence-electron chi connectivity index (χ0n) is 33.0. The molecule has 6 rings (SSSR count). The normalized spacial score (nSPS) is 14.3. The Hall–Kier alpha value is -6.93. The number of esters is 1. The van der Waals surface area contributed by atoms with Crippen LogP contribution >= 0.6 is 0 Å². The Balaban J connectivity index is 1.36. The Morgan fingerprint density at radius 1 is 0.879 bits per heavy atom. The number of carbonyl (C=O) groups is 4. The lowest BCUT2D eigenvalue weighted by molar-refractivity contribution is -0.145. The first-order valence-corrected chi connectivity index (χ1v) is 19.2. The lowest BCUT2D eigenvalue weighted by atomic mass is 9.95. The molecule has 0 aliphatic carbocycles. The number of hydrogen-bond acceptors (Lipinski definition) is 8. The van der Waals surface area contributed by atoms with Gasteiger partial charge >= 0.3 is 12.1 Å². The molecular weight excluding hydrogens is 733 g/mol. The van der Waals surface area contributed by atoms with E-state index in [1.54, 1.807) is 62.9 Å². The standard InChI is InChI=1S/C47H46N4O7/c1-5-56-41(52)31-39(35-21-11-7-12-22-35)51-42(36-23-13-8-14-24-36)45(54)50(32-34-19-9-6-10-20-34)38-27-26-33(30-37(38)44(51)53)18-15-16-29-57-40-25-17-28-48-43(40)49-46(55)58-47(2,3)4/h6-14,17,19-28,30,39,42H,5,16,29,31-32H2,1-4H3,(H,48,49,55). The fraction of sp³-hybridized carbons (Fsp3) is 0.255. The van der Waals surface area contributed by atoms with Crippen LogP contribution in [0.1, 0.15) is 85.2 Å². The minimum atomic E-state index is -1.08. The molecule has 1 aliphatic heterocycles. The highest BCUT2D eigenvalue weighted by Gasteiger charge is 2.44. The quantitative estimate of drug-likeness (QED) is 0.0758. The van der Waals surface area contributed by atoms with Gasteiger partial charge in [-0.1, -0.05) is 103 Å². The third-order valence-corrected chi connectivity index (χ3v) is 9.12. The number of rotatable bonds is 12. The molecule has 0 saturated carbocycles. The van der Waals surface area contributed by atoms with Crippen molar-refractivity contribution < 1.29 is 33.4 Å². The third-order valence-electron chi connectivity index (χ3n) is 9.12. The molecule has 0 saturated heterocycles. The van der Waals surface area contributed by atoms with Crippen molar-refractivity contribution in [1.29, 1.82) is 0 Å². The van der Waals surface area contributed by atoms with Gasteiger partial charge in [0.05, 0.1) is 43.5 Å². The van der Waals surface area contributed by atoms with Crippen LogP contribution in [0, 0.1) is 11.8 Å². The summed E-state index contributed by atoms with van der Waals surface area (Å²) in [7, 11) is 0. The van der Waals surface area contributed by atoms with Gasteiger partial charge in [-0.3, -0.25) is 19.7 Å². The summed E-state index contributed by atoms with van der Waals surface area (Å²) >= 11 is 0. The topological polar surface area (TPSA) is 127 Å². The monoisotopic (exact) mass is 778 g/mol. The second-order valence-electron chi connectivity index (χ2n) is 14.5. The summed E-state index contributed by atoms with van der Waals surface area (Å²) in [6.07, 6.45) is 1.03. The average molecular weight is 779 g/mol. The first-order chi connectivity index (χ1) is 28.0. The van der Waals surface area contributed by atoms with E-state index in [9.17, 15) is 9.59 Å². The Morgan fingerprint density at radius 3 is 2.26 bits per heavy atom. The number of hydrogen-bond donors (Lipinski definition) is 1. The van der Waals surface area contributed by atoms with Gasteiger partial charge in [0, 0.05) is 18.2 Å². The molecule has 1 aromatic heterocycles. The van der Waals surface area contributed by atoms with Gasteiger partial charge in [0.1, 0.15) is 11.6 Å². The molecule has 0 spiro atoms. The van der Waals surface area contributed by atoms with E-state index in [4.69, 9.17) is 14.2 Å². The molecule has 0 bridgehead atoms. The molecule has 1 N–H and O–H groups in total. The van der Waals surface area contributed by atoms with Crippen molar-refractivity contribution in [3.8, 4) is 17.6 Å². The minimum Gasteiger partial charge on any atom is -0.489 e. The predicted octanol–water partition coefficient (Wildman–Crippen LogP) is 8.67. The second-order valence-corrected chi connectivity index (χ2v) is 14.5. The molecule has 11 nitrogen and oxygen atoms in total. The molecule has 58 heavy (non-hydrogen) atoms. The lowest BCUT2D eigenvalue weighted by Crippen LogP contribution is -2.44. The molecule has 0 radical (unpaired) electrons. The summed E-state index contributed by atoms with van der Waals surface area (Å²) in [6, 6.07) is 34.7. The maximum absolute atomic E-state index is 15.3. The number of nitrogens with zero attached hydrogens (tertiary/aromatic N) is 3. The Kier molecular flexibility index (Phi) is 13.2. The first kappa shape index (κ1) is 40.7. The van der Waals surface area contributed by atoms with E-state index in [2.05, 4.69) is 22.1 Å². The highest BCUT2D eigenvalue weighted by Crippen LogP contribution is 2.42. The molecule has 11 heteroatoms. The van der Waals surface area contributed by atoms with Gasteiger partial charge in [0.2, 0.25) is 0 Å². The Morgan fingerprint density at radius 2 is 1.57 bits per heavy atom. The van der Waals surface area contributed by atoms with Crippen molar-refractivity contribution in [3.63, 3.8) is 0 Å². The van der Waals surface area contributed by atoms with E-state index in [1.807, 2.05) is 91.0 Å². The first-order valence-electron chi connectivity index (χ1n) is 19.2. The molecule has 0 fully saturated rings. The number of ether oxygens (including phenoxy) is 3. The fourth-order valence-electron chi connectivity index (χ4n) is 6.66. The molecular formula is C47H46N4O7. The van der Waals surface area contributed by atoms with E-state index in [1.165, 1.54) is 11.1 Å². The van der Waals surface area contributed by atoms with Crippen LogP contribution in [0.15, 0.2) is 128 Å². The van der Waals surface area contributed by atoms with Gasteiger partial charge in [-0.25, -0.2) is 9.78 Å². The van der Waals surface area contributed by atoms with Gasteiger partial charge < -0.3 is 24.0 Å². The SMILES string of the molecule is CCOC(=O)CC(c1ccccc1)N1C(=O)c2cc(C#CCCOc3cccnc3NC(=O)OC(C)(C)C)ccc2N(Cc2ccccc2)C(=O)C1c1ccccc1. The zero-order valence-corrected chi connectivity index (χ0v) is 33.0. The van der Waals surface area contributed by atoms with E-state index >= 15 is 9.59 Å². The van der Waals surface area contributed by atoms with Crippen LogP contribution in [0.3, 0.4) is 0 Å². The van der Waals surface area contributed by atoms with Gasteiger partial charge in [-0.15, -0.1) is 0 Å². The van der Waals surface area contributed by atoms with Crippen molar-refractivity contribution in [3.05, 3.63) is 155 Å². The lowest BCUT2D eigenvalue weighted by Gasteiger charge is -2.37. The summed E-state index contributed by atoms with van der Waals surface area (Å²) in [5, 5.41) is 2.62. The molecule has 4 aromatic carbocycles. The van der Waals surface area contributed by atoms with Crippen molar-refractivity contribution in [1.82, 2.24) is 9.88 Å². The van der Waals surface area contributed by atoms with Crippen LogP contribution in [0.4, 0.5) is 16.3 Å². The number of anilines is 2. The number of nitrogens with one attached hydrogen (secondary N) is 1. The molecule has 2 heterocycles. The summed E-state index contributed by atoms with van der Waals surface area (Å²) < 4.78 is 16.7. The molecule has 2 unspecified atom stereocenters. The smallest absolute Gasteiger partial charge is 0.413 e. The van der Waals surface area contributed by atoms with Gasteiger partial charge in [0.15, 0.2) is 11.6 Å². The number of amides is 3. The van der Waals surface area contributed by atoms with Crippen molar-refractivity contribution in [2.45, 2.75) is 64.8 Å². The number of pyridine rings is 1. The molecule has 2 atom stereocenters. The van der Waals surface area contributed by atoms with E-state index in [0.717, 1.165) is 5.56 Å². The predicted molar refractivity (Wildman–Crippen MR) is 221 cm³/mol. The number of aromatic nitrogens is 1. The van der Waals surface area contributed by atoms with Crippen molar-refractivity contribution in [2.75, 3.05) is 23.4 Å². The maximum Gasteiger partial charge on any atom is 0.413 e. The summed E-state index contributed by atoms with van der Waals surface area (Å²) in [4.78, 5) is 63.4. The van der Waals surface area contributed by atoms with Crippen LogP contribution in [-0.4, -0.2) is 52.6 Å².